The van der Waals surface area contributed by atoms with Crippen molar-refractivity contribution < 1.29 is 22.9 Å². The molecule has 0 unspecified atom stereocenters. The predicted octanol–water partition coefficient (Wildman–Crippen LogP) is 2.60. The molecule has 0 fully saturated rings. The summed E-state index contributed by atoms with van der Waals surface area (Å²) < 4.78 is 28.7. The van der Waals surface area contributed by atoms with E-state index in [1.54, 1.807) is 12.1 Å². The van der Waals surface area contributed by atoms with Gasteiger partial charge in [0.05, 0.1) is 4.92 Å². The third-order valence-electron chi connectivity index (χ3n) is 2.77. The highest BCUT2D eigenvalue weighted by Crippen LogP contribution is 2.36. The van der Waals surface area contributed by atoms with Crippen molar-refractivity contribution >= 4 is 21.8 Å². The molecule has 22 heavy (non-hydrogen) atoms. The van der Waals surface area contributed by atoms with Gasteiger partial charge in [-0.2, -0.15) is 0 Å². The first kappa shape index (κ1) is 15.6. The van der Waals surface area contributed by atoms with Crippen molar-refractivity contribution in [3.05, 3.63) is 58.1 Å². The maximum atomic E-state index is 11.7. The Kier molecular flexibility index (Phi) is 4.22. The second-order valence-electron chi connectivity index (χ2n) is 4.42. The van der Waals surface area contributed by atoms with Crippen LogP contribution in [0.25, 0.3) is 0 Å². The molecular weight excluding hydrogens is 310 g/mol. The minimum atomic E-state index is -3.78. The highest BCUT2D eigenvalue weighted by atomic mass is 32.2. The van der Waals surface area contributed by atoms with E-state index in [9.17, 15) is 23.3 Å². The molecule has 0 aliphatic heterocycles. The molecule has 0 aliphatic rings. The van der Waals surface area contributed by atoms with Crippen LogP contribution in [-0.4, -0.2) is 25.9 Å². The molecule has 8 heteroatoms. The van der Waals surface area contributed by atoms with E-state index in [1.807, 2.05) is 0 Å². The zero-order valence-corrected chi connectivity index (χ0v) is 12.2. The smallest absolute Gasteiger partial charge is 0.330 e. The van der Waals surface area contributed by atoms with E-state index in [-0.39, 0.29) is 11.5 Å². The number of hydrogen-bond donors (Lipinski definition) is 0. The molecule has 0 saturated carbocycles. The molecule has 0 aliphatic carbocycles. The molecule has 0 aromatic heterocycles. The number of rotatable bonds is 5. The molecular formula is C14H11NO6S. The lowest BCUT2D eigenvalue weighted by atomic mass is 10.2. The van der Waals surface area contributed by atoms with Crippen molar-refractivity contribution in [2.24, 2.45) is 0 Å². The number of carbonyl (C=O) groups is 1. The van der Waals surface area contributed by atoms with Crippen molar-refractivity contribution in [2.75, 3.05) is 6.26 Å². The molecule has 0 amide bonds. The van der Waals surface area contributed by atoms with Crippen molar-refractivity contribution in [1.29, 1.82) is 0 Å². The fourth-order valence-electron chi connectivity index (χ4n) is 1.84. The number of nitro benzene ring substituents is 1. The highest BCUT2D eigenvalue weighted by molar-refractivity contribution is 7.90. The lowest BCUT2D eigenvalue weighted by Crippen LogP contribution is -2.04. The zero-order chi connectivity index (χ0) is 16.3. The maximum Gasteiger partial charge on any atom is 0.330 e. The van der Waals surface area contributed by atoms with E-state index in [4.69, 9.17) is 4.74 Å². The molecule has 0 N–H and O–H groups in total. The molecule has 0 radical (unpaired) electrons. The summed E-state index contributed by atoms with van der Waals surface area (Å²) >= 11 is 0. The standard InChI is InChI=1S/C14H11NO6S/c1-22(19,20)13-7-3-6-12(14(13)15(17)18)21-11-5-2-4-10(8-11)9-16/h2-9H,1H3. The van der Waals surface area contributed by atoms with Gasteiger partial charge in [-0.1, -0.05) is 18.2 Å². The summed E-state index contributed by atoms with van der Waals surface area (Å²) in [6.07, 6.45) is 1.49. The number of nitro groups is 1. The fourth-order valence-corrected chi connectivity index (χ4v) is 2.69. The quantitative estimate of drug-likeness (QED) is 0.476. The van der Waals surface area contributed by atoms with Gasteiger partial charge in [-0.15, -0.1) is 0 Å². The Morgan fingerprint density at radius 1 is 1.18 bits per heavy atom. The van der Waals surface area contributed by atoms with Gasteiger partial charge in [-0.05, 0) is 24.3 Å². The molecule has 2 rings (SSSR count). The molecule has 114 valence electrons. The Bertz CT molecular complexity index is 844. The first-order chi connectivity index (χ1) is 10.3. The normalized spacial score (nSPS) is 11.0. The van der Waals surface area contributed by atoms with Crippen LogP contribution < -0.4 is 4.74 Å². The average molecular weight is 321 g/mol. The second kappa shape index (κ2) is 5.94. The SMILES string of the molecule is CS(=O)(=O)c1cccc(Oc2cccc(C=O)c2)c1[N+](=O)[O-]. The summed E-state index contributed by atoms with van der Waals surface area (Å²) in [5, 5.41) is 11.2. The number of para-hydroxylation sites is 1. The molecule has 0 heterocycles. The summed E-state index contributed by atoms with van der Waals surface area (Å²) in [6, 6.07) is 9.77. The topological polar surface area (TPSA) is 104 Å². The molecule has 0 atom stereocenters. The van der Waals surface area contributed by atoms with Crippen molar-refractivity contribution in [3.63, 3.8) is 0 Å². The third-order valence-corrected chi connectivity index (χ3v) is 3.89. The summed E-state index contributed by atoms with van der Waals surface area (Å²) in [4.78, 5) is 20.7. The number of hydrogen-bond acceptors (Lipinski definition) is 6. The minimum absolute atomic E-state index is 0.193. The van der Waals surface area contributed by atoms with Crippen molar-refractivity contribution in [1.82, 2.24) is 0 Å². The number of sulfone groups is 1. The maximum absolute atomic E-state index is 11.7. The van der Waals surface area contributed by atoms with E-state index in [0.717, 1.165) is 12.3 Å². The Morgan fingerprint density at radius 2 is 1.86 bits per heavy atom. The van der Waals surface area contributed by atoms with Crippen LogP contribution in [0.5, 0.6) is 11.5 Å². The first-order valence-corrected chi connectivity index (χ1v) is 7.92. The molecule has 0 bridgehead atoms. The van der Waals surface area contributed by atoms with Gasteiger partial charge in [0.1, 0.15) is 16.9 Å². The average Bonchev–Trinajstić information content (AvgIpc) is 2.46. The molecule has 2 aromatic carbocycles. The summed E-state index contributed by atoms with van der Waals surface area (Å²) in [5.74, 6) is -0.0191. The zero-order valence-electron chi connectivity index (χ0n) is 11.4. The number of ether oxygens (including phenoxy) is 1. The fraction of sp³-hybridized carbons (Fsp3) is 0.0714. The Morgan fingerprint density at radius 3 is 2.45 bits per heavy atom. The Balaban J connectivity index is 2.56. The van der Waals surface area contributed by atoms with E-state index < -0.39 is 25.3 Å². The lowest BCUT2D eigenvalue weighted by molar-refractivity contribution is -0.388. The third kappa shape index (κ3) is 3.29. The van der Waals surface area contributed by atoms with Crippen molar-refractivity contribution in [2.45, 2.75) is 4.90 Å². The molecule has 7 nitrogen and oxygen atoms in total. The van der Waals surface area contributed by atoms with Gasteiger partial charge in [0, 0.05) is 11.8 Å². The van der Waals surface area contributed by atoms with Crippen LogP contribution in [0.2, 0.25) is 0 Å². The summed E-state index contributed by atoms with van der Waals surface area (Å²) in [7, 11) is -3.78. The van der Waals surface area contributed by atoms with E-state index in [1.165, 1.54) is 24.3 Å². The van der Waals surface area contributed by atoms with Gasteiger partial charge in [0.15, 0.2) is 9.84 Å². The Hall–Kier alpha value is -2.74. The van der Waals surface area contributed by atoms with Gasteiger partial charge in [0.2, 0.25) is 5.75 Å². The predicted molar refractivity (Wildman–Crippen MR) is 78.1 cm³/mol. The number of aldehydes is 1. The number of benzene rings is 2. The minimum Gasteiger partial charge on any atom is -0.450 e. The van der Waals surface area contributed by atoms with Crippen LogP contribution in [0.3, 0.4) is 0 Å². The number of carbonyl (C=O) groups excluding carboxylic acids is 1. The van der Waals surface area contributed by atoms with Gasteiger partial charge < -0.3 is 4.74 Å². The van der Waals surface area contributed by atoms with E-state index in [0.29, 0.717) is 11.8 Å². The van der Waals surface area contributed by atoms with Crippen LogP contribution in [0.15, 0.2) is 47.4 Å². The van der Waals surface area contributed by atoms with Crippen molar-refractivity contribution in [3.8, 4) is 11.5 Å². The Labute approximate surface area is 126 Å². The van der Waals surface area contributed by atoms with Crippen LogP contribution in [0.4, 0.5) is 5.69 Å². The molecule has 2 aromatic rings. The van der Waals surface area contributed by atoms with Crippen LogP contribution >= 0.6 is 0 Å². The van der Waals surface area contributed by atoms with Crippen LogP contribution in [-0.2, 0) is 9.84 Å². The van der Waals surface area contributed by atoms with Gasteiger partial charge in [-0.3, -0.25) is 14.9 Å². The molecule has 0 spiro atoms. The largest absolute Gasteiger partial charge is 0.450 e. The second-order valence-corrected chi connectivity index (χ2v) is 6.41. The lowest BCUT2D eigenvalue weighted by Gasteiger charge is -2.09. The highest BCUT2D eigenvalue weighted by Gasteiger charge is 2.27. The monoisotopic (exact) mass is 321 g/mol. The van der Waals surface area contributed by atoms with Crippen LogP contribution in [0, 0.1) is 10.1 Å². The summed E-state index contributed by atoms with van der Waals surface area (Å²) in [6.45, 7) is 0. The van der Waals surface area contributed by atoms with E-state index in [2.05, 4.69) is 0 Å². The van der Waals surface area contributed by atoms with Gasteiger partial charge in [-0.25, -0.2) is 8.42 Å². The van der Waals surface area contributed by atoms with Crippen LogP contribution in [0.1, 0.15) is 10.4 Å². The molecule has 0 saturated heterocycles. The number of nitrogens with zero attached hydrogens (tertiary/aromatic N) is 1. The first-order valence-electron chi connectivity index (χ1n) is 6.03. The van der Waals surface area contributed by atoms with Gasteiger partial charge >= 0.3 is 5.69 Å². The van der Waals surface area contributed by atoms with Gasteiger partial charge in [0.25, 0.3) is 0 Å². The summed E-state index contributed by atoms with van der Waals surface area (Å²) in [5.41, 5.74) is -0.305. The van der Waals surface area contributed by atoms with E-state index >= 15 is 0 Å².